The molecule has 0 aliphatic heterocycles. The molecule has 0 radical (unpaired) electrons. The van der Waals surface area contributed by atoms with Crippen LogP contribution in [0.3, 0.4) is 0 Å². The molecule has 0 amide bonds. The van der Waals surface area contributed by atoms with Crippen molar-refractivity contribution in [3.05, 3.63) is 22.5 Å². The molecule has 1 aromatic rings. The van der Waals surface area contributed by atoms with Gasteiger partial charge in [0, 0.05) is 5.69 Å². The number of carbonyl (C=O) groups is 3. The Balaban J connectivity index is 3.21. The highest BCUT2D eigenvalue weighted by Gasteiger charge is 2.26. The fourth-order valence-electron chi connectivity index (χ4n) is 2.03. The maximum Gasteiger partial charge on any atom is 0.355 e. The first-order valence-corrected chi connectivity index (χ1v) is 7.17. The van der Waals surface area contributed by atoms with Crippen molar-refractivity contribution in [3.8, 4) is 0 Å². The second-order valence-electron chi connectivity index (χ2n) is 4.40. The van der Waals surface area contributed by atoms with Gasteiger partial charge in [-0.05, 0) is 33.3 Å². The largest absolute Gasteiger partial charge is 0.466 e. The molecule has 0 aliphatic carbocycles. The third-order valence-corrected chi connectivity index (χ3v) is 2.91. The van der Waals surface area contributed by atoms with Crippen LogP contribution in [0.15, 0.2) is 0 Å². The zero-order valence-electron chi connectivity index (χ0n) is 13.3. The predicted octanol–water partition coefficient (Wildman–Crippen LogP) is 1.78. The summed E-state index contributed by atoms with van der Waals surface area (Å²) in [5.41, 5.74) is 1.01. The SMILES string of the molecule is CCOC(=O)Cc1[nH]c(C(=O)OCC)c(C)c1C(=O)OCC. The number of rotatable bonds is 7. The molecule has 7 nitrogen and oxygen atoms in total. The number of hydrogen-bond donors (Lipinski definition) is 1. The average Bonchev–Trinajstić information content (AvgIpc) is 2.76. The highest BCUT2D eigenvalue weighted by Crippen LogP contribution is 2.21. The summed E-state index contributed by atoms with van der Waals surface area (Å²) in [5, 5.41) is 0. The Hall–Kier alpha value is -2.31. The van der Waals surface area contributed by atoms with Gasteiger partial charge in [0.1, 0.15) is 5.69 Å². The number of H-pyrrole nitrogens is 1. The van der Waals surface area contributed by atoms with Crippen LogP contribution >= 0.6 is 0 Å². The number of ether oxygens (including phenoxy) is 3. The van der Waals surface area contributed by atoms with Crippen molar-refractivity contribution in [2.24, 2.45) is 0 Å². The van der Waals surface area contributed by atoms with Crippen LogP contribution in [0.2, 0.25) is 0 Å². The van der Waals surface area contributed by atoms with Gasteiger partial charge in [0.05, 0.1) is 31.8 Å². The first-order valence-electron chi connectivity index (χ1n) is 7.17. The number of aromatic nitrogens is 1. The molecule has 1 heterocycles. The van der Waals surface area contributed by atoms with Crippen LogP contribution in [0.1, 0.15) is 52.9 Å². The van der Waals surface area contributed by atoms with Crippen LogP contribution in [0.5, 0.6) is 0 Å². The zero-order chi connectivity index (χ0) is 16.7. The maximum atomic E-state index is 12.1. The van der Waals surface area contributed by atoms with Crippen LogP contribution in [0.25, 0.3) is 0 Å². The predicted molar refractivity (Wildman–Crippen MR) is 77.8 cm³/mol. The number of nitrogens with one attached hydrogen (secondary N) is 1. The molecule has 1 N–H and O–H groups in total. The first-order chi connectivity index (χ1) is 10.5. The first kappa shape index (κ1) is 17.7. The van der Waals surface area contributed by atoms with E-state index in [1.54, 1.807) is 27.7 Å². The minimum Gasteiger partial charge on any atom is -0.466 e. The normalized spacial score (nSPS) is 10.2. The summed E-state index contributed by atoms with van der Waals surface area (Å²) >= 11 is 0. The molecular formula is C15H21NO6. The summed E-state index contributed by atoms with van der Waals surface area (Å²) in [4.78, 5) is 38.4. The molecule has 0 spiro atoms. The number of esters is 3. The molecule has 7 heteroatoms. The molecule has 0 unspecified atom stereocenters. The van der Waals surface area contributed by atoms with Gasteiger partial charge < -0.3 is 19.2 Å². The van der Waals surface area contributed by atoms with Crippen molar-refractivity contribution in [1.29, 1.82) is 0 Å². The van der Waals surface area contributed by atoms with E-state index in [4.69, 9.17) is 14.2 Å². The Bertz CT molecular complexity index is 561. The number of aromatic amines is 1. The summed E-state index contributed by atoms with van der Waals surface area (Å²) in [6, 6.07) is 0. The Morgan fingerprint density at radius 3 is 2.00 bits per heavy atom. The molecule has 0 saturated carbocycles. The Kier molecular flexibility index (Phi) is 6.62. The van der Waals surface area contributed by atoms with Crippen LogP contribution in [-0.4, -0.2) is 42.7 Å². The summed E-state index contributed by atoms with van der Waals surface area (Å²) in [6.45, 7) is 7.28. The summed E-state index contributed by atoms with van der Waals surface area (Å²) in [6.07, 6.45) is -0.151. The maximum absolute atomic E-state index is 12.1. The van der Waals surface area contributed by atoms with E-state index in [1.165, 1.54) is 0 Å². The van der Waals surface area contributed by atoms with Crippen molar-refractivity contribution in [2.75, 3.05) is 19.8 Å². The van der Waals surface area contributed by atoms with Gasteiger partial charge in [-0.3, -0.25) is 4.79 Å². The standard InChI is InChI=1S/C15H21NO6/c1-5-20-11(17)8-10-12(14(18)21-6-2)9(4)13(16-10)15(19)22-7-3/h16H,5-8H2,1-4H3. The second kappa shape index (κ2) is 8.21. The Labute approximate surface area is 128 Å². The minimum absolute atomic E-state index is 0.143. The fourth-order valence-corrected chi connectivity index (χ4v) is 2.03. The van der Waals surface area contributed by atoms with E-state index in [0.717, 1.165) is 0 Å². The third-order valence-electron chi connectivity index (χ3n) is 2.91. The van der Waals surface area contributed by atoms with E-state index in [2.05, 4.69) is 4.98 Å². The highest BCUT2D eigenvalue weighted by atomic mass is 16.5. The summed E-state index contributed by atoms with van der Waals surface area (Å²) in [7, 11) is 0. The fraction of sp³-hybridized carbons (Fsp3) is 0.533. The third kappa shape index (κ3) is 4.09. The van der Waals surface area contributed by atoms with Crippen LogP contribution in [-0.2, 0) is 25.4 Å². The molecule has 0 aromatic carbocycles. The lowest BCUT2D eigenvalue weighted by Crippen LogP contribution is -2.13. The second-order valence-corrected chi connectivity index (χ2v) is 4.40. The lowest BCUT2D eigenvalue weighted by Gasteiger charge is -2.05. The average molecular weight is 311 g/mol. The molecule has 0 fully saturated rings. The molecule has 0 bridgehead atoms. The molecule has 22 heavy (non-hydrogen) atoms. The molecule has 122 valence electrons. The van der Waals surface area contributed by atoms with Gasteiger partial charge in [0.25, 0.3) is 0 Å². The number of carbonyl (C=O) groups excluding carboxylic acids is 3. The van der Waals surface area contributed by atoms with E-state index in [0.29, 0.717) is 5.56 Å². The summed E-state index contributed by atoms with van der Waals surface area (Å²) in [5.74, 6) is -1.67. The molecule has 1 aromatic heterocycles. The smallest absolute Gasteiger partial charge is 0.355 e. The Morgan fingerprint density at radius 2 is 1.45 bits per heavy atom. The van der Waals surface area contributed by atoms with E-state index in [1.807, 2.05) is 0 Å². The zero-order valence-corrected chi connectivity index (χ0v) is 13.3. The summed E-state index contributed by atoms with van der Waals surface area (Å²) < 4.78 is 14.8. The van der Waals surface area contributed by atoms with Gasteiger partial charge in [-0.2, -0.15) is 0 Å². The van der Waals surface area contributed by atoms with Crippen molar-refractivity contribution in [3.63, 3.8) is 0 Å². The van der Waals surface area contributed by atoms with E-state index >= 15 is 0 Å². The van der Waals surface area contributed by atoms with Gasteiger partial charge in [0.15, 0.2) is 0 Å². The van der Waals surface area contributed by atoms with Gasteiger partial charge in [-0.15, -0.1) is 0 Å². The molecule has 0 aliphatic rings. The van der Waals surface area contributed by atoms with Crippen molar-refractivity contribution < 1.29 is 28.6 Å². The monoisotopic (exact) mass is 311 g/mol. The van der Waals surface area contributed by atoms with Crippen LogP contribution in [0, 0.1) is 6.92 Å². The van der Waals surface area contributed by atoms with Crippen molar-refractivity contribution >= 4 is 17.9 Å². The van der Waals surface area contributed by atoms with Crippen LogP contribution in [0.4, 0.5) is 0 Å². The van der Waals surface area contributed by atoms with Crippen molar-refractivity contribution in [2.45, 2.75) is 34.1 Å². The Morgan fingerprint density at radius 1 is 0.909 bits per heavy atom. The highest BCUT2D eigenvalue weighted by molar-refractivity contribution is 5.99. The quantitative estimate of drug-likeness (QED) is 0.609. The molecule has 0 atom stereocenters. The molecule has 0 saturated heterocycles. The van der Waals surface area contributed by atoms with E-state index < -0.39 is 17.9 Å². The van der Waals surface area contributed by atoms with Gasteiger partial charge in [0.2, 0.25) is 0 Å². The van der Waals surface area contributed by atoms with E-state index in [9.17, 15) is 14.4 Å². The number of hydrogen-bond acceptors (Lipinski definition) is 6. The van der Waals surface area contributed by atoms with Gasteiger partial charge in [-0.25, -0.2) is 9.59 Å². The van der Waals surface area contributed by atoms with Crippen molar-refractivity contribution in [1.82, 2.24) is 4.98 Å². The van der Waals surface area contributed by atoms with Gasteiger partial charge in [-0.1, -0.05) is 0 Å². The lowest BCUT2D eigenvalue weighted by atomic mass is 10.1. The van der Waals surface area contributed by atoms with Gasteiger partial charge >= 0.3 is 17.9 Å². The topological polar surface area (TPSA) is 94.7 Å². The lowest BCUT2D eigenvalue weighted by molar-refractivity contribution is -0.142. The molecular weight excluding hydrogens is 290 g/mol. The van der Waals surface area contributed by atoms with E-state index in [-0.39, 0.29) is 43.2 Å². The van der Waals surface area contributed by atoms with Crippen LogP contribution < -0.4 is 0 Å². The minimum atomic E-state index is -0.592. The molecule has 1 rings (SSSR count).